The summed E-state index contributed by atoms with van der Waals surface area (Å²) in [4.78, 5) is 0. The summed E-state index contributed by atoms with van der Waals surface area (Å²) in [6.07, 6.45) is 5.02. The fourth-order valence-electron chi connectivity index (χ4n) is 1.81. The molecular formula is C10H23N3O. The fourth-order valence-corrected chi connectivity index (χ4v) is 1.81. The van der Waals surface area contributed by atoms with Crippen LogP contribution in [-0.4, -0.2) is 22.5 Å². The van der Waals surface area contributed by atoms with Crippen LogP contribution in [0.25, 0.3) is 0 Å². The molecule has 1 rings (SSSR count). The summed E-state index contributed by atoms with van der Waals surface area (Å²) in [5, 5.41) is 17.5. The first kappa shape index (κ1) is 13.5. The predicted molar refractivity (Wildman–Crippen MR) is 58.8 cm³/mol. The van der Waals surface area contributed by atoms with Gasteiger partial charge in [0, 0.05) is 11.8 Å². The third-order valence-corrected chi connectivity index (χ3v) is 2.91. The van der Waals surface area contributed by atoms with Gasteiger partial charge in [-0.2, -0.15) is 0 Å². The van der Waals surface area contributed by atoms with Gasteiger partial charge in [0.25, 0.3) is 0 Å². The quantitative estimate of drug-likeness (QED) is 0.412. The number of rotatable bonds is 4. The zero-order valence-corrected chi connectivity index (χ0v) is 9.43. The maximum Gasteiger partial charge on any atom is 0.0547 e. The highest BCUT2D eigenvalue weighted by Gasteiger charge is 2.40. The van der Waals surface area contributed by atoms with Crippen molar-refractivity contribution in [3.05, 3.63) is 0 Å². The molecule has 1 heterocycles. The topological polar surface area (TPSA) is 82.1 Å². The van der Waals surface area contributed by atoms with Crippen LogP contribution in [0.1, 0.15) is 46.5 Å². The minimum Gasteiger partial charge on any atom is -0.320 e. The molecule has 14 heavy (non-hydrogen) atoms. The third kappa shape index (κ3) is 3.36. The highest BCUT2D eigenvalue weighted by atomic mass is 16.4. The molecule has 0 spiro atoms. The fraction of sp³-hybridized carbons (Fsp3) is 0.900. The summed E-state index contributed by atoms with van der Waals surface area (Å²) in [5.74, 6) is 3.50. The predicted octanol–water partition coefficient (Wildman–Crippen LogP) is 1.67. The molecule has 0 radical (unpaired) electrons. The van der Waals surface area contributed by atoms with Gasteiger partial charge in [0.05, 0.1) is 5.54 Å². The molecule has 1 aliphatic heterocycles. The molecule has 0 amide bonds. The Morgan fingerprint density at radius 1 is 1.64 bits per heavy atom. The lowest BCUT2D eigenvalue weighted by Gasteiger charge is -2.47. The molecule has 0 aromatic heterocycles. The van der Waals surface area contributed by atoms with Crippen LogP contribution in [-0.2, 0) is 0 Å². The van der Waals surface area contributed by atoms with Crippen LogP contribution < -0.4 is 11.2 Å². The highest BCUT2D eigenvalue weighted by molar-refractivity contribution is 5.89. The Bertz CT molecular complexity index is 176. The van der Waals surface area contributed by atoms with Crippen molar-refractivity contribution in [2.24, 2.45) is 5.90 Å². The van der Waals surface area contributed by atoms with E-state index in [4.69, 9.17) is 10.6 Å². The zero-order chi connectivity index (χ0) is 11.2. The van der Waals surface area contributed by atoms with E-state index in [-0.39, 0.29) is 5.54 Å². The number of nitrogens with two attached hydrogens (primary N) is 1. The molecule has 0 aliphatic carbocycles. The Balaban J connectivity index is 0.000000791. The average Bonchev–Trinajstić information content (AvgIpc) is 2.13. The molecular weight excluding hydrogens is 178 g/mol. The summed E-state index contributed by atoms with van der Waals surface area (Å²) in [7, 11) is 0. The molecule has 84 valence electrons. The van der Waals surface area contributed by atoms with Crippen molar-refractivity contribution in [1.29, 1.82) is 5.41 Å². The van der Waals surface area contributed by atoms with Crippen molar-refractivity contribution in [3.8, 4) is 0 Å². The largest absolute Gasteiger partial charge is 0.320 e. The Morgan fingerprint density at radius 3 is 2.50 bits per heavy atom. The molecule has 1 fully saturated rings. The number of unbranched alkanes of at least 4 members (excludes halogenated alkanes) is 1. The Hall–Kier alpha value is -0.450. The van der Waals surface area contributed by atoms with Crippen molar-refractivity contribution in [2.75, 3.05) is 0 Å². The Labute approximate surface area is 86.3 Å². The van der Waals surface area contributed by atoms with Crippen LogP contribution in [0.15, 0.2) is 0 Å². The van der Waals surface area contributed by atoms with Gasteiger partial charge in [-0.1, -0.05) is 19.8 Å². The van der Waals surface area contributed by atoms with Crippen LogP contribution >= 0.6 is 0 Å². The van der Waals surface area contributed by atoms with Crippen molar-refractivity contribution in [3.63, 3.8) is 0 Å². The van der Waals surface area contributed by atoms with Crippen molar-refractivity contribution < 1.29 is 5.21 Å². The normalized spacial score (nSPS) is 29.9. The molecule has 5 N–H and O–H groups in total. The average molecular weight is 201 g/mol. The number of nitrogens with one attached hydrogen (secondary N) is 2. The van der Waals surface area contributed by atoms with Crippen LogP contribution in [0.2, 0.25) is 0 Å². The van der Waals surface area contributed by atoms with Crippen LogP contribution in [0.4, 0.5) is 0 Å². The Morgan fingerprint density at radius 2 is 2.14 bits per heavy atom. The van der Waals surface area contributed by atoms with E-state index < -0.39 is 0 Å². The molecule has 4 heteroatoms. The van der Waals surface area contributed by atoms with E-state index in [1.54, 1.807) is 0 Å². The van der Waals surface area contributed by atoms with Gasteiger partial charge in [0.2, 0.25) is 0 Å². The van der Waals surface area contributed by atoms with E-state index in [1.165, 1.54) is 19.3 Å². The SMILES string of the molecule is CCCCC1CC(C)(C(C)=N)N1.NO. The summed E-state index contributed by atoms with van der Waals surface area (Å²) < 4.78 is 0. The lowest BCUT2D eigenvalue weighted by molar-refractivity contribution is 0.210. The molecule has 1 saturated heterocycles. The van der Waals surface area contributed by atoms with E-state index in [2.05, 4.69) is 25.1 Å². The standard InChI is InChI=1S/C10H20N2.H3NO/c1-4-5-6-9-7-10(3,12-9)8(2)11;1-2/h9,11-12H,4-7H2,1-3H3;2H,1H2. The van der Waals surface area contributed by atoms with E-state index in [0.29, 0.717) is 6.04 Å². The van der Waals surface area contributed by atoms with Gasteiger partial charge in [-0.25, -0.2) is 5.90 Å². The van der Waals surface area contributed by atoms with E-state index >= 15 is 0 Å². The van der Waals surface area contributed by atoms with Crippen molar-refractivity contribution in [1.82, 2.24) is 5.32 Å². The summed E-state index contributed by atoms with van der Waals surface area (Å²) in [5.41, 5.74) is 0.800. The second kappa shape index (κ2) is 6.11. The first-order valence-corrected chi connectivity index (χ1v) is 5.17. The first-order chi connectivity index (χ1) is 6.58. The number of hydrogen-bond donors (Lipinski definition) is 4. The monoisotopic (exact) mass is 201 g/mol. The van der Waals surface area contributed by atoms with Gasteiger partial charge >= 0.3 is 0 Å². The van der Waals surface area contributed by atoms with E-state index in [9.17, 15) is 0 Å². The summed E-state index contributed by atoms with van der Waals surface area (Å²) >= 11 is 0. The molecule has 0 bridgehead atoms. The first-order valence-electron chi connectivity index (χ1n) is 5.17. The molecule has 2 unspecified atom stereocenters. The maximum atomic E-state index is 7.55. The molecule has 2 atom stereocenters. The van der Waals surface area contributed by atoms with Gasteiger partial charge in [0.15, 0.2) is 0 Å². The van der Waals surface area contributed by atoms with Gasteiger partial charge in [-0.05, 0) is 26.7 Å². The minimum atomic E-state index is 0.0262. The zero-order valence-electron chi connectivity index (χ0n) is 9.43. The molecule has 4 nitrogen and oxygen atoms in total. The highest BCUT2D eigenvalue weighted by Crippen LogP contribution is 2.28. The van der Waals surface area contributed by atoms with Crippen LogP contribution in [0.3, 0.4) is 0 Å². The van der Waals surface area contributed by atoms with Crippen LogP contribution in [0, 0.1) is 5.41 Å². The van der Waals surface area contributed by atoms with Gasteiger partial charge < -0.3 is 15.9 Å². The molecule has 0 saturated carbocycles. The summed E-state index contributed by atoms with van der Waals surface area (Å²) in [6.45, 7) is 6.24. The van der Waals surface area contributed by atoms with Crippen molar-refractivity contribution >= 4 is 5.71 Å². The lowest BCUT2D eigenvalue weighted by atomic mass is 9.78. The minimum absolute atomic E-state index is 0.0262. The van der Waals surface area contributed by atoms with E-state index in [0.717, 1.165) is 12.1 Å². The number of hydrogen-bond acceptors (Lipinski definition) is 4. The van der Waals surface area contributed by atoms with Gasteiger partial charge in [-0.3, -0.25) is 0 Å². The third-order valence-electron chi connectivity index (χ3n) is 2.91. The van der Waals surface area contributed by atoms with Crippen molar-refractivity contribution in [2.45, 2.75) is 58.0 Å². The van der Waals surface area contributed by atoms with Crippen LogP contribution in [0.5, 0.6) is 0 Å². The summed E-state index contributed by atoms with van der Waals surface area (Å²) in [6, 6.07) is 0.676. The Kier molecular flexibility index (Phi) is 5.92. The molecule has 0 aromatic carbocycles. The molecule has 0 aromatic rings. The smallest absolute Gasteiger partial charge is 0.0547 e. The second-order valence-corrected chi connectivity index (χ2v) is 4.14. The molecule has 1 aliphatic rings. The lowest BCUT2D eigenvalue weighted by Crippen LogP contribution is -2.65. The second-order valence-electron chi connectivity index (χ2n) is 4.14. The maximum absolute atomic E-state index is 7.55. The van der Waals surface area contributed by atoms with Gasteiger partial charge in [0.1, 0.15) is 0 Å². The van der Waals surface area contributed by atoms with E-state index in [1.807, 2.05) is 6.92 Å². The van der Waals surface area contributed by atoms with Gasteiger partial charge in [-0.15, -0.1) is 0 Å².